The van der Waals surface area contributed by atoms with Crippen LogP contribution in [0.1, 0.15) is 26.2 Å². The van der Waals surface area contributed by atoms with Gasteiger partial charge in [0, 0.05) is 19.5 Å². The second-order valence-electron chi connectivity index (χ2n) is 4.56. The fourth-order valence-corrected chi connectivity index (χ4v) is 2.03. The highest BCUT2D eigenvalue weighted by molar-refractivity contribution is 5.75. The Morgan fingerprint density at radius 2 is 2.24 bits per heavy atom. The van der Waals surface area contributed by atoms with Crippen molar-refractivity contribution in [2.24, 2.45) is 5.92 Å². The van der Waals surface area contributed by atoms with Gasteiger partial charge in [0.1, 0.15) is 0 Å². The second-order valence-corrected chi connectivity index (χ2v) is 4.56. The number of amides is 2. The predicted molar refractivity (Wildman–Crippen MR) is 61.6 cm³/mol. The number of nitrogens with one attached hydrogen (secondary N) is 1. The molecule has 98 valence electrons. The molecule has 2 amide bonds. The lowest BCUT2D eigenvalue weighted by Gasteiger charge is -2.24. The highest BCUT2D eigenvalue weighted by Crippen LogP contribution is 2.16. The molecule has 1 fully saturated rings. The Labute approximate surface area is 101 Å². The van der Waals surface area contributed by atoms with Gasteiger partial charge in [0.25, 0.3) is 0 Å². The number of hydrogen-bond acceptors (Lipinski definition) is 3. The zero-order valence-corrected chi connectivity index (χ0v) is 10.1. The summed E-state index contributed by atoms with van der Waals surface area (Å²) in [7, 11) is 0. The number of urea groups is 1. The maximum Gasteiger partial charge on any atom is 0.317 e. The number of carbonyl (C=O) groups excluding carboxylic acids is 1. The molecule has 1 aliphatic heterocycles. The van der Waals surface area contributed by atoms with E-state index in [0.717, 1.165) is 12.8 Å². The molecule has 0 aromatic rings. The normalized spacial score (nSPS) is 21.3. The summed E-state index contributed by atoms with van der Waals surface area (Å²) >= 11 is 0. The second kappa shape index (κ2) is 6.44. The molecule has 0 bridgehead atoms. The minimum atomic E-state index is -0.860. The molecule has 6 nitrogen and oxygen atoms in total. The molecule has 1 aliphatic rings. The Morgan fingerprint density at radius 1 is 1.53 bits per heavy atom. The topological polar surface area (TPSA) is 89.9 Å². The molecule has 17 heavy (non-hydrogen) atoms. The molecular formula is C11H20N2O4. The zero-order valence-electron chi connectivity index (χ0n) is 10.1. The molecule has 1 rings (SSSR count). The van der Waals surface area contributed by atoms with E-state index < -0.39 is 5.97 Å². The van der Waals surface area contributed by atoms with Crippen molar-refractivity contribution >= 4 is 12.0 Å². The van der Waals surface area contributed by atoms with E-state index in [1.54, 1.807) is 11.8 Å². The summed E-state index contributed by atoms with van der Waals surface area (Å²) in [6.45, 7) is 2.77. The van der Waals surface area contributed by atoms with Crippen LogP contribution in [0, 0.1) is 5.92 Å². The van der Waals surface area contributed by atoms with E-state index >= 15 is 0 Å². The van der Waals surface area contributed by atoms with Crippen LogP contribution in [0.15, 0.2) is 0 Å². The summed E-state index contributed by atoms with van der Waals surface area (Å²) in [5.41, 5.74) is 0. The van der Waals surface area contributed by atoms with Crippen molar-refractivity contribution in [2.45, 2.75) is 32.2 Å². The van der Waals surface area contributed by atoms with Crippen LogP contribution in [0.3, 0.4) is 0 Å². The fourth-order valence-electron chi connectivity index (χ4n) is 2.03. The van der Waals surface area contributed by atoms with E-state index in [4.69, 9.17) is 10.2 Å². The van der Waals surface area contributed by atoms with Gasteiger partial charge >= 0.3 is 12.0 Å². The number of aliphatic hydroxyl groups excluding tert-OH is 1. The number of likely N-dealkylation sites (tertiary alicyclic amines) is 1. The van der Waals surface area contributed by atoms with Gasteiger partial charge in [-0.05, 0) is 18.8 Å². The van der Waals surface area contributed by atoms with Gasteiger partial charge in [-0.1, -0.05) is 6.92 Å². The van der Waals surface area contributed by atoms with E-state index in [0.29, 0.717) is 13.1 Å². The van der Waals surface area contributed by atoms with Crippen LogP contribution < -0.4 is 5.32 Å². The third kappa shape index (κ3) is 4.22. The minimum Gasteiger partial charge on any atom is -0.481 e. The first kappa shape index (κ1) is 13.8. The van der Waals surface area contributed by atoms with Crippen molar-refractivity contribution in [3.05, 3.63) is 0 Å². The average Bonchev–Trinajstić information content (AvgIpc) is 2.72. The number of carbonyl (C=O) groups is 2. The number of aliphatic carboxylic acids is 1. The van der Waals surface area contributed by atoms with Crippen molar-refractivity contribution in [3.8, 4) is 0 Å². The van der Waals surface area contributed by atoms with Crippen molar-refractivity contribution in [2.75, 3.05) is 19.7 Å². The smallest absolute Gasteiger partial charge is 0.317 e. The van der Waals surface area contributed by atoms with Gasteiger partial charge in [-0.25, -0.2) is 4.79 Å². The summed E-state index contributed by atoms with van der Waals surface area (Å²) in [6, 6.07) is -0.302. The molecule has 3 N–H and O–H groups in total. The van der Waals surface area contributed by atoms with E-state index in [9.17, 15) is 9.59 Å². The maximum absolute atomic E-state index is 11.8. The quantitative estimate of drug-likeness (QED) is 0.647. The van der Waals surface area contributed by atoms with Crippen molar-refractivity contribution < 1.29 is 19.8 Å². The summed E-state index contributed by atoms with van der Waals surface area (Å²) in [6.07, 6.45) is 1.78. The SMILES string of the molecule is CC(CNC(=O)N1CCCC1CO)CC(=O)O. The van der Waals surface area contributed by atoms with Gasteiger partial charge in [0.05, 0.1) is 12.6 Å². The summed E-state index contributed by atoms with van der Waals surface area (Å²) in [4.78, 5) is 23.8. The van der Waals surface area contributed by atoms with Gasteiger partial charge in [-0.3, -0.25) is 4.79 Å². The summed E-state index contributed by atoms with van der Waals surface area (Å²) in [5, 5.41) is 20.4. The molecule has 0 spiro atoms. The molecule has 0 saturated carbocycles. The number of carboxylic acids is 1. The fraction of sp³-hybridized carbons (Fsp3) is 0.818. The first-order valence-corrected chi connectivity index (χ1v) is 5.91. The van der Waals surface area contributed by atoms with Crippen LogP contribution in [0.25, 0.3) is 0 Å². The van der Waals surface area contributed by atoms with E-state index in [1.165, 1.54) is 0 Å². The molecule has 0 aliphatic carbocycles. The van der Waals surface area contributed by atoms with Crippen LogP contribution in [0.2, 0.25) is 0 Å². The van der Waals surface area contributed by atoms with Gasteiger partial charge < -0.3 is 20.4 Å². The first-order valence-electron chi connectivity index (χ1n) is 5.91. The van der Waals surface area contributed by atoms with Crippen LogP contribution in [0.4, 0.5) is 4.79 Å². The molecule has 1 heterocycles. The van der Waals surface area contributed by atoms with Crippen molar-refractivity contribution in [1.82, 2.24) is 10.2 Å². The lowest BCUT2D eigenvalue weighted by molar-refractivity contribution is -0.137. The third-order valence-corrected chi connectivity index (χ3v) is 2.97. The molecule has 0 radical (unpaired) electrons. The van der Waals surface area contributed by atoms with Gasteiger partial charge in [-0.2, -0.15) is 0 Å². The molecule has 2 atom stereocenters. The molecule has 2 unspecified atom stereocenters. The minimum absolute atomic E-state index is 0.0158. The Balaban J connectivity index is 2.31. The van der Waals surface area contributed by atoms with Crippen LogP contribution in [-0.2, 0) is 4.79 Å². The van der Waals surface area contributed by atoms with Gasteiger partial charge in [0.15, 0.2) is 0 Å². The molecule has 1 saturated heterocycles. The van der Waals surface area contributed by atoms with Gasteiger partial charge in [-0.15, -0.1) is 0 Å². The van der Waals surface area contributed by atoms with Crippen molar-refractivity contribution in [1.29, 1.82) is 0 Å². The Kier molecular flexibility index (Phi) is 5.21. The maximum atomic E-state index is 11.8. The average molecular weight is 244 g/mol. The van der Waals surface area contributed by atoms with E-state index in [1.807, 2.05) is 0 Å². The lowest BCUT2D eigenvalue weighted by Crippen LogP contribution is -2.45. The largest absolute Gasteiger partial charge is 0.481 e. The van der Waals surface area contributed by atoms with Crippen LogP contribution >= 0.6 is 0 Å². The number of carboxylic acid groups (broad SMARTS) is 1. The first-order chi connectivity index (χ1) is 8.04. The highest BCUT2D eigenvalue weighted by Gasteiger charge is 2.27. The predicted octanol–water partition coefficient (Wildman–Crippen LogP) is 0.263. The third-order valence-electron chi connectivity index (χ3n) is 2.97. The Bertz CT molecular complexity index is 283. The lowest BCUT2D eigenvalue weighted by atomic mass is 10.1. The number of aliphatic hydroxyl groups is 1. The number of hydrogen-bond donors (Lipinski definition) is 3. The standard InChI is InChI=1S/C11H20N2O4/c1-8(5-10(15)16)6-12-11(17)13-4-2-3-9(13)7-14/h8-9,14H,2-7H2,1H3,(H,12,17)(H,15,16). The Hall–Kier alpha value is -1.30. The molecule has 0 aromatic heterocycles. The summed E-state index contributed by atoms with van der Waals surface area (Å²) < 4.78 is 0. The zero-order chi connectivity index (χ0) is 12.8. The van der Waals surface area contributed by atoms with Crippen LogP contribution in [0.5, 0.6) is 0 Å². The van der Waals surface area contributed by atoms with E-state index in [2.05, 4.69) is 5.32 Å². The molecule has 0 aromatic carbocycles. The highest BCUT2D eigenvalue weighted by atomic mass is 16.4. The number of nitrogens with zero attached hydrogens (tertiary/aromatic N) is 1. The monoisotopic (exact) mass is 244 g/mol. The van der Waals surface area contributed by atoms with Crippen LogP contribution in [-0.4, -0.2) is 52.9 Å². The van der Waals surface area contributed by atoms with E-state index in [-0.39, 0.29) is 31.0 Å². The van der Waals surface area contributed by atoms with Gasteiger partial charge in [0.2, 0.25) is 0 Å². The Morgan fingerprint density at radius 3 is 2.82 bits per heavy atom. The summed E-state index contributed by atoms with van der Waals surface area (Å²) in [5.74, 6) is -0.951. The molecular weight excluding hydrogens is 224 g/mol. The number of rotatable bonds is 5. The molecule has 6 heteroatoms. The van der Waals surface area contributed by atoms with Crippen molar-refractivity contribution in [3.63, 3.8) is 0 Å².